The van der Waals surface area contributed by atoms with Crippen LogP contribution in [0.2, 0.25) is 0 Å². The number of hydrogen-bond donors (Lipinski definition) is 0. The average molecular weight is 369 g/mol. The Morgan fingerprint density at radius 1 is 0.957 bits per heavy atom. The quantitative estimate of drug-likeness (QED) is 0.395. The molecule has 0 radical (unpaired) electrons. The lowest BCUT2D eigenvalue weighted by Gasteiger charge is -1.94. The molecular weight excluding hydrogens is 344 g/mol. The molecule has 120 valence electrons. The number of rotatable bonds is 4. The Kier molecular flexibility index (Phi) is 9.01. The van der Waals surface area contributed by atoms with Gasteiger partial charge in [0, 0.05) is 5.33 Å². The molecule has 0 saturated heterocycles. The lowest BCUT2D eigenvalue weighted by Crippen LogP contribution is -1.75. The minimum absolute atomic E-state index is 0.921. The van der Waals surface area contributed by atoms with Crippen LogP contribution >= 0.6 is 15.9 Å². The molecule has 0 bridgehead atoms. The van der Waals surface area contributed by atoms with E-state index in [0.29, 0.717) is 0 Å². The van der Waals surface area contributed by atoms with Gasteiger partial charge < -0.3 is 0 Å². The maximum Gasteiger partial charge on any atom is 0.0283 e. The second-order valence-corrected chi connectivity index (χ2v) is 6.15. The van der Waals surface area contributed by atoms with Crippen LogP contribution in [0.25, 0.3) is 12.2 Å². The van der Waals surface area contributed by atoms with Gasteiger partial charge in [-0.3, -0.25) is 0 Å². The Morgan fingerprint density at radius 2 is 1.52 bits per heavy atom. The number of allylic oxidation sites excluding steroid dienone is 3. The van der Waals surface area contributed by atoms with Crippen LogP contribution in [-0.2, 0) is 5.33 Å². The summed E-state index contributed by atoms with van der Waals surface area (Å²) in [7, 11) is 0. The van der Waals surface area contributed by atoms with Crippen molar-refractivity contribution in [1.82, 2.24) is 0 Å². The molecule has 0 fully saturated rings. The summed E-state index contributed by atoms with van der Waals surface area (Å²) in [4.78, 5) is 0. The van der Waals surface area contributed by atoms with Crippen LogP contribution in [0.3, 0.4) is 0 Å². The second-order valence-electron chi connectivity index (χ2n) is 5.59. The van der Waals surface area contributed by atoms with Crippen molar-refractivity contribution in [2.75, 3.05) is 0 Å². The third kappa shape index (κ3) is 8.37. The van der Waals surface area contributed by atoms with Crippen LogP contribution in [-0.4, -0.2) is 0 Å². The van der Waals surface area contributed by atoms with E-state index < -0.39 is 0 Å². The van der Waals surface area contributed by atoms with Gasteiger partial charge in [-0.25, -0.2) is 0 Å². The molecule has 0 saturated carbocycles. The van der Waals surface area contributed by atoms with Crippen molar-refractivity contribution in [3.8, 4) is 0 Å². The predicted octanol–water partition coefficient (Wildman–Crippen LogP) is 7.20. The third-order valence-corrected chi connectivity index (χ3v) is 3.81. The van der Waals surface area contributed by atoms with Crippen molar-refractivity contribution in [2.24, 2.45) is 0 Å². The maximum absolute atomic E-state index is 3.67. The number of hydrogen-bond acceptors (Lipinski definition) is 0. The number of benzene rings is 2. The summed E-state index contributed by atoms with van der Waals surface area (Å²) in [6, 6.07) is 16.8. The monoisotopic (exact) mass is 368 g/mol. The van der Waals surface area contributed by atoms with Crippen LogP contribution in [0.4, 0.5) is 0 Å². The summed E-state index contributed by atoms with van der Waals surface area (Å²) in [5.74, 6) is 0. The Balaban J connectivity index is 0.000000238. The molecule has 0 heterocycles. The number of halogens is 1. The van der Waals surface area contributed by atoms with Crippen LogP contribution in [0.5, 0.6) is 0 Å². The molecule has 0 atom stereocenters. The molecule has 2 rings (SSSR count). The summed E-state index contributed by atoms with van der Waals surface area (Å²) in [6.45, 7) is 9.97. The highest BCUT2D eigenvalue weighted by Crippen LogP contribution is 2.08. The number of aryl methyl sites for hydroxylation is 1. The van der Waals surface area contributed by atoms with Crippen LogP contribution in [0, 0.1) is 6.92 Å². The summed E-state index contributed by atoms with van der Waals surface area (Å²) in [5, 5.41) is 0.921. The molecule has 0 amide bonds. The molecule has 23 heavy (non-hydrogen) atoms. The molecule has 0 unspecified atom stereocenters. The first kappa shape index (κ1) is 19.2. The molecule has 0 spiro atoms. The summed E-state index contributed by atoms with van der Waals surface area (Å²) in [5.41, 5.74) is 6.35. The molecule has 0 N–H and O–H groups in total. The molecule has 0 aliphatic rings. The SMILES string of the molecule is C=Cc1ccc(CBr)cc1.CC(C)=CC=Cc1ccc(C)cc1. The highest BCUT2D eigenvalue weighted by atomic mass is 79.9. The molecular formula is C22H25Br. The predicted molar refractivity (Wildman–Crippen MR) is 109 cm³/mol. The Morgan fingerprint density at radius 3 is 2.00 bits per heavy atom. The maximum atomic E-state index is 3.67. The Hall–Kier alpha value is -1.86. The molecule has 2 aromatic carbocycles. The highest BCUT2D eigenvalue weighted by Gasteiger charge is 1.87. The van der Waals surface area contributed by atoms with Gasteiger partial charge in [-0.1, -0.05) is 106 Å². The number of alkyl halides is 1. The van der Waals surface area contributed by atoms with E-state index in [1.807, 2.05) is 6.08 Å². The second kappa shape index (κ2) is 10.8. The lowest BCUT2D eigenvalue weighted by molar-refractivity contribution is 1.39. The zero-order valence-corrected chi connectivity index (χ0v) is 15.8. The topological polar surface area (TPSA) is 0 Å². The first-order valence-electron chi connectivity index (χ1n) is 7.70. The van der Waals surface area contributed by atoms with Gasteiger partial charge in [-0.05, 0) is 37.5 Å². The first-order valence-corrected chi connectivity index (χ1v) is 8.83. The minimum Gasteiger partial charge on any atom is -0.0985 e. The Bertz CT molecular complexity index is 639. The fourth-order valence-electron chi connectivity index (χ4n) is 1.77. The van der Waals surface area contributed by atoms with E-state index in [1.165, 1.54) is 27.8 Å². The molecule has 1 heteroatoms. The van der Waals surface area contributed by atoms with Crippen molar-refractivity contribution in [3.05, 3.63) is 95.1 Å². The zero-order chi connectivity index (χ0) is 17.1. The van der Waals surface area contributed by atoms with Crippen LogP contribution in [0.1, 0.15) is 36.1 Å². The van der Waals surface area contributed by atoms with Gasteiger partial charge in [0.1, 0.15) is 0 Å². The van der Waals surface area contributed by atoms with Crippen molar-refractivity contribution in [2.45, 2.75) is 26.1 Å². The van der Waals surface area contributed by atoms with Gasteiger partial charge in [0.2, 0.25) is 0 Å². The van der Waals surface area contributed by atoms with Gasteiger partial charge in [-0.15, -0.1) is 0 Å². The largest absolute Gasteiger partial charge is 0.0985 e. The fraction of sp³-hybridized carbons (Fsp3) is 0.182. The first-order chi connectivity index (χ1) is 11.0. The summed E-state index contributed by atoms with van der Waals surface area (Å²) >= 11 is 3.38. The minimum atomic E-state index is 0.921. The van der Waals surface area contributed by atoms with Gasteiger partial charge in [0.05, 0.1) is 0 Å². The van der Waals surface area contributed by atoms with E-state index in [1.54, 1.807) is 0 Å². The summed E-state index contributed by atoms with van der Waals surface area (Å²) in [6.07, 6.45) is 8.16. The average Bonchev–Trinajstić information content (AvgIpc) is 2.57. The molecule has 2 aromatic rings. The van der Waals surface area contributed by atoms with E-state index in [9.17, 15) is 0 Å². The van der Waals surface area contributed by atoms with E-state index in [4.69, 9.17) is 0 Å². The highest BCUT2D eigenvalue weighted by molar-refractivity contribution is 9.08. The van der Waals surface area contributed by atoms with E-state index in [0.717, 1.165) is 5.33 Å². The third-order valence-electron chi connectivity index (χ3n) is 3.17. The smallest absolute Gasteiger partial charge is 0.0283 e. The van der Waals surface area contributed by atoms with Crippen molar-refractivity contribution in [3.63, 3.8) is 0 Å². The van der Waals surface area contributed by atoms with E-state index >= 15 is 0 Å². The van der Waals surface area contributed by atoms with E-state index in [-0.39, 0.29) is 0 Å². The molecule has 0 aliphatic heterocycles. The molecule has 0 nitrogen and oxygen atoms in total. The molecule has 0 aliphatic carbocycles. The van der Waals surface area contributed by atoms with Gasteiger partial charge in [0.15, 0.2) is 0 Å². The molecule has 0 aromatic heterocycles. The standard InChI is InChI=1S/C13H16.C9H9Br/c1-11(2)5-4-6-13-9-7-12(3)8-10-13;1-2-8-3-5-9(7-10)6-4-8/h4-10H,1-3H3;2-6H,1,7H2. The van der Waals surface area contributed by atoms with Gasteiger partial charge >= 0.3 is 0 Å². The van der Waals surface area contributed by atoms with E-state index in [2.05, 4.69) is 110 Å². The van der Waals surface area contributed by atoms with Gasteiger partial charge in [0.25, 0.3) is 0 Å². The van der Waals surface area contributed by atoms with Crippen molar-refractivity contribution < 1.29 is 0 Å². The van der Waals surface area contributed by atoms with Crippen LogP contribution in [0.15, 0.2) is 72.8 Å². The summed E-state index contributed by atoms with van der Waals surface area (Å²) < 4.78 is 0. The zero-order valence-electron chi connectivity index (χ0n) is 14.2. The normalized spacial score (nSPS) is 9.91. The van der Waals surface area contributed by atoms with Gasteiger partial charge in [-0.2, -0.15) is 0 Å². The fourth-order valence-corrected chi connectivity index (χ4v) is 2.15. The Labute approximate surface area is 149 Å². The van der Waals surface area contributed by atoms with Crippen molar-refractivity contribution in [1.29, 1.82) is 0 Å². The van der Waals surface area contributed by atoms with Crippen molar-refractivity contribution >= 4 is 28.1 Å². The lowest BCUT2D eigenvalue weighted by atomic mass is 10.1. The van der Waals surface area contributed by atoms with Crippen LogP contribution < -0.4 is 0 Å².